The van der Waals surface area contributed by atoms with Crippen molar-refractivity contribution in [1.29, 1.82) is 0 Å². The average Bonchev–Trinajstić information content (AvgIpc) is 2.79. The molecule has 0 atom stereocenters. The van der Waals surface area contributed by atoms with Gasteiger partial charge in [0.2, 0.25) is 0 Å². The van der Waals surface area contributed by atoms with E-state index < -0.39 is 11.7 Å². The lowest BCUT2D eigenvalue weighted by molar-refractivity contribution is 0.0695. The summed E-state index contributed by atoms with van der Waals surface area (Å²) in [5.41, 5.74) is 0.500. The normalized spacial score (nSPS) is 15.2. The maximum atomic E-state index is 12.7. The molecule has 2 heterocycles. The zero-order valence-corrected chi connectivity index (χ0v) is 16.9. The van der Waals surface area contributed by atoms with Crippen LogP contribution in [0, 0.1) is 5.92 Å². The maximum absolute atomic E-state index is 12.7. The van der Waals surface area contributed by atoms with E-state index in [-0.39, 0.29) is 29.4 Å². The van der Waals surface area contributed by atoms with Crippen LogP contribution in [0.3, 0.4) is 0 Å². The Morgan fingerprint density at radius 2 is 1.58 bits per heavy atom. The number of benzene rings is 2. The van der Waals surface area contributed by atoms with Gasteiger partial charge in [-0.1, -0.05) is 24.3 Å². The maximum Gasteiger partial charge on any atom is 0.335 e. The Morgan fingerprint density at radius 3 is 2.26 bits per heavy atom. The Balaban J connectivity index is 1.36. The second-order valence-corrected chi connectivity index (χ2v) is 7.80. The van der Waals surface area contributed by atoms with Gasteiger partial charge < -0.3 is 15.0 Å². The van der Waals surface area contributed by atoms with Gasteiger partial charge in [-0.2, -0.15) is 0 Å². The van der Waals surface area contributed by atoms with Crippen molar-refractivity contribution < 1.29 is 14.7 Å². The third-order valence-corrected chi connectivity index (χ3v) is 5.90. The second-order valence-electron chi connectivity index (χ2n) is 7.80. The Labute approximate surface area is 177 Å². The highest BCUT2D eigenvalue weighted by atomic mass is 16.4. The van der Waals surface area contributed by atoms with Crippen molar-refractivity contribution in [2.75, 3.05) is 19.6 Å². The molecule has 0 amide bonds. The number of fused-ring (bicyclic) bond motifs is 1. The number of aromatic carboxylic acids is 1. The number of Topliss-reactive ketones (excluding diaryl/α,β-unsaturated/α-hetero) is 1. The minimum Gasteiger partial charge on any atom is -0.478 e. The van der Waals surface area contributed by atoms with Gasteiger partial charge in [0.05, 0.1) is 16.5 Å². The Morgan fingerprint density at radius 1 is 0.935 bits per heavy atom. The van der Waals surface area contributed by atoms with E-state index in [1.54, 1.807) is 36.4 Å². The van der Waals surface area contributed by atoms with Crippen LogP contribution in [0.5, 0.6) is 0 Å². The van der Waals surface area contributed by atoms with Crippen LogP contribution >= 0.6 is 0 Å². The zero-order chi connectivity index (χ0) is 22.0. The predicted octanol–water partition coefficient (Wildman–Crippen LogP) is 1.98. The molecule has 31 heavy (non-hydrogen) atoms. The summed E-state index contributed by atoms with van der Waals surface area (Å²) in [5.74, 6) is -1.10. The number of para-hydroxylation sites is 1. The van der Waals surface area contributed by atoms with E-state index in [1.165, 1.54) is 16.7 Å². The van der Waals surface area contributed by atoms with E-state index in [1.807, 2.05) is 0 Å². The molecule has 8 heteroatoms. The number of H-pyrrole nitrogens is 1. The van der Waals surface area contributed by atoms with Gasteiger partial charge in [0.1, 0.15) is 0 Å². The zero-order valence-electron chi connectivity index (χ0n) is 16.9. The number of rotatable bonds is 6. The van der Waals surface area contributed by atoms with Crippen LogP contribution in [0.4, 0.5) is 0 Å². The van der Waals surface area contributed by atoms with Gasteiger partial charge in [0.15, 0.2) is 5.78 Å². The molecule has 1 aliphatic rings. The number of hydrogen-bond donors (Lipinski definition) is 2. The summed E-state index contributed by atoms with van der Waals surface area (Å²) in [6, 6.07) is 13.0. The molecule has 1 fully saturated rings. The molecule has 160 valence electrons. The van der Waals surface area contributed by atoms with Crippen molar-refractivity contribution in [2.24, 2.45) is 5.92 Å². The fraction of sp³-hybridized carbons (Fsp3) is 0.304. The Bertz CT molecular complexity index is 1230. The standard InChI is InChI=1S/C23H23N3O5/c27-20(15-5-7-17(8-6-15)22(29)30)16-9-11-25(12-10-16)13-14-26-21(28)18-3-1-2-4-19(18)24-23(26)31/h1-8,16H,9-14H2,(H,24,31)(H,29,30). The van der Waals surface area contributed by atoms with Gasteiger partial charge in [0, 0.05) is 24.6 Å². The number of hydrogen-bond acceptors (Lipinski definition) is 5. The minimum absolute atomic E-state index is 0.0266. The first-order chi connectivity index (χ1) is 14.9. The number of carbonyl (C=O) groups excluding carboxylic acids is 1. The molecule has 2 aromatic carbocycles. The topological polar surface area (TPSA) is 112 Å². The van der Waals surface area contributed by atoms with Crippen LogP contribution in [0.15, 0.2) is 58.1 Å². The summed E-state index contributed by atoms with van der Waals surface area (Å²) in [7, 11) is 0. The fourth-order valence-corrected chi connectivity index (χ4v) is 4.07. The number of carboxylic acids is 1. The summed E-state index contributed by atoms with van der Waals surface area (Å²) < 4.78 is 1.23. The number of piperidine rings is 1. The van der Waals surface area contributed by atoms with Crippen LogP contribution in [0.2, 0.25) is 0 Å². The molecule has 0 saturated carbocycles. The number of ketones is 1. The van der Waals surface area contributed by atoms with Crippen LogP contribution in [-0.4, -0.2) is 50.9 Å². The Hall–Kier alpha value is -3.52. The van der Waals surface area contributed by atoms with Crippen LogP contribution in [-0.2, 0) is 6.54 Å². The molecular weight excluding hydrogens is 398 g/mol. The fourth-order valence-electron chi connectivity index (χ4n) is 4.07. The summed E-state index contributed by atoms with van der Waals surface area (Å²) in [6.07, 6.45) is 1.37. The second kappa shape index (κ2) is 8.69. The van der Waals surface area contributed by atoms with Crippen molar-refractivity contribution in [2.45, 2.75) is 19.4 Å². The summed E-state index contributed by atoms with van der Waals surface area (Å²) in [5, 5.41) is 9.46. The van der Waals surface area contributed by atoms with Gasteiger partial charge in [-0.3, -0.25) is 14.2 Å². The molecule has 0 spiro atoms. The molecule has 1 aliphatic heterocycles. The lowest BCUT2D eigenvalue weighted by atomic mass is 9.88. The van der Waals surface area contributed by atoms with E-state index >= 15 is 0 Å². The first kappa shape index (κ1) is 20.7. The van der Waals surface area contributed by atoms with Crippen LogP contribution in [0.1, 0.15) is 33.6 Å². The molecule has 0 unspecified atom stereocenters. The van der Waals surface area contributed by atoms with Gasteiger partial charge >= 0.3 is 11.7 Å². The van der Waals surface area contributed by atoms with Crippen molar-refractivity contribution >= 4 is 22.7 Å². The van der Waals surface area contributed by atoms with Crippen molar-refractivity contribution in [1.82, 2.24) is 14.5 Å². The lowest BCUT2D eigenvalue weighted by Gasteiger charge is -2.31. The highest BCUT2D eigenvalue weighted by Crippen LogP contribution is 2.22. The van der Waals surface area contributed by atoms with E-state index in [9.17, 15) is 19.2 Å². The summed E-state index contributed by atoms with van der Waals surface area (Å²) in [6.45, 7) is 2.23. The number of aromatic amines is 1. The predicted molar refractivity (Wildman–Crippen MR) is 116 cm³/mol. The highest BCUT2D eigenvalue weighted by molar-refractivity contribution is 5.99. The quantitative estimate of drug-likeness (QED) is 0.589. The number of aromatic nitrogens is 2. The average molecular weight is 421 g/mol. The smallest absolute Gasteiger partial charge is 0.335 e. The van der Waals surface area contributed by atoms with E-state index in [2.05, 4.69) is 9.88 Å². The number of carboxylic acid groups (broad SMARTS) is 1. The molecule has 1 aromatic heterocycles. The number of carbonyl (C=O) groups is 2. The summed E-state index contributed by atoms with van der Waals surface area (Å²) >= 11 is 0. The van der Waals surface area contributed by atoms with Gasteiger partial charge in [0.25, 0.3) is 5.56 Å². The molecule has 1 saturated heterocycles. The molecule has 8 nitrogen and oxygen atoms in total. The van der Waals surface area contributed by atoms with Gasteiger partial charge in [-0.15, -0.1) is 0 Å². The highest BCUT2D eigenvalue weighted by Gasteiger charge is 2.26. The van der Waals surface area contributed by atoms with Crippen LogP contribution < -0.4 is 11.2 Å². The Kier molecular flexibility index (Phi) is 5.81. The van der Waals surface area contributed by atoms with Gasteiger partial charge in [-0.05, 0) is 50.2 Å². The lowest BCUT2D eigenvalue weighted by Crippen LogP contribution is -2.42. The van der Waals surface area contributed by atoms with E-state index in [0.29, 0.717) is 48.9 Å². The van der Waals surface area contributed by atoms with Crippen LogP contribution in [0.25, 0.3) is 10.9 Å². The molecule has 4 rings (SSSR count). The minimum atomic E-state index is -1.02. The SMILES string of the molecule is O=C(O)c1ccc(C(=O)C2CCN(CCn3c(=O)[nH]c4ccccc4c3=O)CC2)cc1. The number of nitrogens with zero attached hydrogens (tertiary/aromatic N) is 2. The number of nitrogens with one attached hydrogen (secondary N) is 1. The van der Waals surface area contributed by atoms with Crippen molar-refractivity contribution in [3.63, 3.8) is 0 Å². The van der Waals surface area contributed by atoms with E-state index in [0.717, 1.165) is 0 Å². The molecular formula is C23H23N3O5. The third-order valence-electron chi connectivity index (χ3n) is 5.90. The monoisotopic (exact) mass is 421 g/mol. The number of likely N-dealkylation sites (tertiary alicyclic amines) is 1. The van der Waals surface area contributed by atoms with Gasteiger partial charge in [-0.25, -0.2) is 9.59 Å². The molecule has 0 radical (unpaired) electrons. The third kappa shape index (κ3) is 4.34. The molecule has 3 aromatic rings. The largest absolute Gasteiger partial charge is 0.478 e. The first-order valence-electron chi connectivity index (χ1n) is 10.3. The molecule has 2 N–H and O–H groups in total. The van der Waals surface area contributed by atoms with Crippen molar-refractivity contribution in [3.8, 4) is 0 Å². The summed E-state index contributed by atoms with van der Waals surface area (Å²) in [4.78, 5) is 53.5. The first-order valence-corrected chi connectivity index (χ1v) is 10.3. The molecule has 0 bridgehead atoms. The van der Waals surface area contributed by atoms with E-state index in [4.69, 9.17) is 5.11 Å². The van der Waals surface area contributed by atoms with Crippen molar-refractivity contribution in [3.05, 3.63) is 80.5 Å². The molecule has 0 aliphatic carbocycles.